The number of hydrogen-bond donors (Lipinski definition) is 1. The highest BCUT2D eigenvalue weighted by Crippen LogP contribution is 2.29. The third-order valence-corrected chi connectivity index (χ3v) is 6.47. The van der Waals surface area contributed by atoms with Crippen molar-refractivity contribution in [2.45, 2.75) is 24.1 Å². The molecule has 0 saturated heterocycles. The van der Waals surface area contributed by atoms with E-state index >= 15 is 0 Å². The van der Waals surface area contributed by atoms with Gasteiger partial charge in [-0.1, -0.05) is 82.7 Å². The Morgan fingerprint density at radius 2 is 2.10 bits per heavy atom. The standard InChI is InChI=1S/C21H21BrN4O2S2/c1-2-3-11-28-18-10-9-17(22)12-16(18)13-23-24-19(27)14-29-21-26-25-20(30-21)15-7-5-4-6-8-15/h4-10,12-13H,2-3,11,14H2,1H3,(H,24,27). The number of nitrogens with one attached hydrogen (secondary N) is 1. The Hall–Kier alpha value is -2.23. The van der Waals surface area contributed by atoms with Gasteiger partial charge in [0.2, 0.25) is 0 Å². The van der Waals surface area contributed by atoms with E-state index in [9.17, 15) is 4.79 Å². The Bertz CT molecular complexity index is 996. The molecular formula is C21H21BrN4O2S2. The highest BCUT2D eigenvalue weighted by molar-refractivity contribution is 9.10. The SMILES string of the molecule is CCCCOc1ccc(Br)cc1C=NNC(=O)CSc1nnc(-c2ccccc2)s1. The number of ether oxygens (including phenoxy) is 1. The molecular weight excluding hydrogens is 484 g/mol. The quantitative estimate of drug-likeness (QED) is 0.173. The first-order valence-electron chi connectivity index (χ1n) is 9.41. The van der Waals surface area contributed by atoms with E-state index in [4.69, 9.17) is 4.74 Å². The number of rotatable bonds is 10. The van der Waals surface area contributed by atoms with Crippen LogP contribution >= 0.6 is 39.0 Å². The van der Waals surface area contributed by atoms with Crippen molar-refractivity contribution in [2.75, 3.05) is 12.4 Å². The van der Waals surface area contributed by atoms with Gasteiger partial charge in [0.15, 0.2) is 4.34 Å². The topological polar surface area (TPSA) is 76.5 Å². The molecule has 6 nitrogen and oxygen atoms in total. The van der Waals surface area contributed by atoms with Gasteiger partial charge in [-0.15, -0.1) is 10.2 Å². The van der Waals surface area contributed by atoms with Gasteiger partial charge in [-0.05, 0) is 24.6 Å². The Kier molecular flexibility index (Phi) is 8.85. The first-order valence-corrected chi connectivity index (χ1v) is 12.0. The second kappa shape index (κ2) is 11.8. The van der Waals surface area contributed by atoms with Crippen molar-refractivity contribution in [1.82, 2.24) is 15.6 Å². The van der Waals surface area contributed by atoms with Crippen molar-refractivity contribution in [2.24, 2.45) is 5.10 Å². The number of hydrazone groups is 1. The Labute approximate surface area is 192 Å². The van der Waals surface area contributed by atoms with E-state index < -0.39 is 0 Å². The van der Waals surface area contributed by atoms with Gasteiger partial charge in [-0.25, -0.2) is 5.43 Å². The lowest BCUT2D eigenvalue weighted by molar-refractivity contribution is -0.118. The number of amides is 1. The number of nitrogens with zero attached hydrogens (tertiary/aromatic N) is 3. The summed E-state index contributed by atoms with van der Waals surface area (Å²) in [6.45, 7) is 2.76. The summed E-state index contributed by atoms with van der Waals surface area (Å²) in [4.78, 5) is 12.1. The van der Waals surface area contributed by atoms with Gasteiger partial charge in [-0.3, -0.25) is 4.79 Å². The number of benzene rings is 2. The predicted octanol–water partition coefficient (Wildman–Crippen LogP) is 5.39. The van der Waals surface area contributed by atoms with Gasteiger partial charge in [0, 0.05) is 15.6 Å². The van der Waals surface area contributed by atoms with Crippen LogP contribution in [0.15, 0.2) is 62.4 Å². The lowest BCUT2D eigenvalue weighted by atomic mass is 10.2. The molecule has 30 heavy (non-hydrogen) atoms. The number of halogens is 1. The van der Waals surface area contributed by atoms with E-state index in [1.165, 1.54) is 23.1 Å². The number of thioether (sulfide) groups is 1. The largest absolute Gasteiger partial charge is 0.493 e. The van der Waals surface area contributed by atoms with Crippen molar-refractivity contribution >= 4 is 51.2 Å². The summed E-state index contributed by atoms with van der Waals surface area (Å²) in [6, 6.07) is 15.5. The van der Waals surface area contributed by atoms with E-state index in [-0.39, 0.29) is 11.7 Å². The van der Waals surface area contributed by atoms with Crippen molar-refractivity contribution in [3.05, 3.63) is 58.6 Å². The molecule has 1 N–H and O–H groups in total. The van der Waals surface area contributed by atoms with E-state index in [1.807, 2.05) is 48.5 Å². The maximum Gasteiger partial charge on any atom is 0.250 e. The molecule has 0 fully saturated rings. The van der Waals surface area contributed by atoms with Crippen LogP contribution in [0.1, 0.15) is 25.3 Å². The fraction of sp³-hybridized carbons (Fsp3) is 0.238. The zero-order chi connectivity index (χ0) is 21.2. The molecule has 0 atom stereocenters. The summed E-state index contributed by atoms with van der Waals surface area (Å²) in [5, 5.41) is 13.2. The molecule has 0 aliphatic rings. The Balaban J connectivity index is 1.51. The summed E-state index contributed by atoms with van der Waals surface area (Å²) in [6.07, 6.45) is 3.64. The van der Waals surface area contributed by atoms with Crippen LogP contribution in [0.25, 0.3) is 10.6 Å². The third kappa shape index (κ3) is 6.93. The minimum absolute atomic E-state index is 0.207. The average molecular weight is 505 g/mol. The van der Waals surface area contributed by atoms with Crippen LogP contribution in [0.5, 0.6) is 5.75 Å². The van der Waals surface area contributed by atoms with Gasteiger partial charge in [0.25, 0.3) is 5.91 Å². The zero-order valence-corrected chi connectivity index (χ0v) is 19.6. The highest BCUT2D eigenvalue weighted by atomic mass is 79.9. The summed E-state index contributed by atoms with van der Waals surface area (Å²) in [5.74, 6) is 0.733. The van der Waals surface area contributed by atoms with Crippen LogP contribution in [-0.2, 0) is 4.79 Å². The van der Waals surface area contributed by atoms with Gasteiger partial charge in [0.1, 0.15) is 10.8 Å². The molecule has 0 spiro atoms. The molecule has 1 heterocycles. The van der Waals surface area contributed by atoms with Gasteiger partial charge in [0.05, 0.1) is 18.6 Å². The maximum absolute atomic E-state index is 12.1. The number of unbranched alkanes of at least 4 members (excludes halogenated alkanes) is 1. The normalized spacial score (nSPS) is 11.0. The summed E-state index contributed by atoms with van der Waals surface area (Å²) >= 11 is 6.25. The smallest absolute Gasteiger partial charge is 0.250 e. The number of hydrogen-bond acceptors (Lipinski definition) is 7. The molecule has 0 bridgehead atoms. The zero-order valence-electron chi connectivity index (χ0n) is 16.4. The predicted molar refractivity (Wildman–Crippen MR) is 126 cm³/mol. The fourth-order valence-corrected chi connectivity index (χ4v) is 4.41. The second-order valence-corrected chi connectivity index (χ2v) is 9.32. The molecule has 0 aliphatic carbocycles. The molecule has 156 valence electrons. The minimum Gasteiger partial charge on any atom is -0.493 e. The van der Waals surface area contributed by atoms with E-state index in [2.05, 4.69) is 43.6 Å². The minimum atomic E-state index is -0.212. The summed E-state index contributed by atoms with van der Waals surface area (Å²) < 4.78 is 7.45. The first-order chi connectivity index (χ1) is 14.7. The number of carbonyl (C=O) groups is 1. The van der Waals surface area contributed by atoms with Crippen LogP contribution in [0.3, 0.4) is 0 Å². The van der Waals surface area contributed by atoms with Crippen molar-refractivity contribution in [1.29, 1.82) is 0 Å². The Morgan fingerprint density at radius 3 is 2.90 bits per heavy atom. The van der Waals surface area contributed by atoms with Gasteiger partial charge >= 0.3 is 0 Å². The van der Waals surface area contributed by atoms with Gasteiger partial charge in [-0.2, -0.15) is 5.10 Å². The van der Waals surface area contributed by atoms with Crippen LogP contribution in [0.2, 0.25) is 0 Å². The average Bonchev–Trinajstić information content (AvgIpc) is 3.24. The second-order valence-electron chi connectivity index (χ2n) is 6.21. The van der Waals surface area contributed by atoms with Gasteiger partial charge < -0.3 is 4.74 Å². The number of aromatic nitrogens is 2. The molecule has 3 rings (SSSR count). The van der Waals surface area contributed by atoms with Crippen molar-refractivity contribution in [3.8, 4) is 16.3 Å². The fourth-order valence-electron chi connectivity index (χ4n) is 2.38. The van der Waals surface area contributed by atoms with E-state index in [1.54, 1.807) is 6.21 Å². The van der Waals surface area contributed by atoms with Crippen molar-refractivity contribution in [3.63, 3.8) is 0 Å². The molecule has 0 saturated carbocycles. The Morgan fingerprint density at radius 1 is 1.27 bits per heavy atom. The van der Waals surface area contributed by atoms with Crippen LogP contribution < -0.4 is 10.2 Å². The van der Waals surface area contributed by atoms with Crippen LogP contribution in [0.4, 0.5) is 0 Å². The lowest BCUT2D eigenvalue weighted by Crippen LogP contribution is -2.19. The molecule has 1 amide bonds. The van der Waals surface area contributed by atoms with Crippen molar-refractivity contribution < 1.29 is 9.53 Å². The molecule has 1 aromatic heterocycles. The third-order valence-electron chi connectivity index (χ3n) is 3.87. The molecule has 9 heteroatoms. The van der Waals surface area contributed by atoms with E-state index in [0.29, 0.717) is 6.61 Å². The summed E-state index contributed by atoms with van der Waals surface area (Å²) in [7, 11) is 0. The van der Waals surface area contributed by atoms with Crippen LogP contribution in [0, 0.1) is 0 Å². The first kappa shape index (κ1) is 22.5. The lowest BCUT2D eigenvalue weighted by Gasteiger charge is -2.08. The maximum atomic E-state index is 12.1. The molecule has 3 aromatic rings. The molecule has 0 aliphatic heterocycles. The monoisotopic (exact) mass is 504 g/mol. The highest BCUT2D eigenvalue weighted by Gasteiger charge is 2.09. The van der Waals surface area contributed by atoms with E-state index in [0.717, 1.165) is 43.5 Å². The van der Waals surface area contributed by atoms with Crippen LogP contribution in [-0.4, -0.2) is 34.7 Å². The molecule has 0 unspecified atom stereocenters. The number of carbonyl (C=O) groups excluding carboxylic acids is 1. The summed E-state index contributed by atoms with van der Waals surface area (Å²) in [5.41, 5.74) is 4.36. The molecule has 0 radical (unpaired) electrons. The molecule has 2 aromatic carbocycles.